The fraction of sp³-hybridized carbons (Fsp3) is 0.308. The number of hydrogen-bond acceptors (Lipinski definition) is 5. The Morgan fingerprint density at radius 3 is 2.47 bits per heavy atom. The van der Waals surface area contributed by atoms with E-state index in [1.54, 1.807) is 18.2 Å². The molecule has 0 aliphatic carbocycles. The van der Waals surface area contributed by atoms with Crippen LogP contribution in [0, 0.1) is 0 Å². The summed E-state index contributed by atoms with van der Waals surface area (Å²) in [6.45, 7) is -0.141. The van der Waals surface area contributed by atoms with Gasteiger partial charge in [-0.15, -0.1) is 0 Å². The van der Waals surface area contributed by atoms with Crippen molar-refractivity contribution in [2.45, 2.75) is 12.2 Å². The van der Waals surface area contributed by atoms with Crippen molar-refractivity contribution < 1.29 is 20.1 Å². The average molecular weight is 266 g/mol. The second-order valence-corrected chi connectivity index (χ2v) is 4.04. The monoisotopic (exact) mass is 266 g/mol. The molecule has 2 atom stereocenters. The Kier molecular flexibility index (Phi) is 6.01. The molecule has 0 bridgehead atoms. The fourth-order valence-corrected chi connectivity index (χ4v) is 1.31. The van der Waals surface area contributed by atoms with Crippen LogP contribution in [-0.4, -0.2) is 46.5 Å². The Labute approximate surface area is 111 Å². The van der Waals surface area contributed by atoms with Crippen molar-refractivity contribution in [3.63, 3.8) is 0 Å². The van der Waals surface area contributed by atoms with E-state index >= 15 is 0 Å². The third-order valence-electron chi connectivity index (χ3n) is 2.49. The van der Waals surface area contributed by atoms with E-state index in [-0.39, 0.29) is 18.8 Å². The lowest BCUT2D eigenvalue weighted by molar-refractivity contribution is -0.117. The first-order chi connectivity index (χ1) is 9.02. The van der Waals surface area contributed by atoms with E-state index in [4.69, 9.17) is 10.8 Å². The number of carbonyl (C=O) groups is 1. The highest BCUT2D eigenvalue weighted by atomic mass is 16.3. The van der Waals surface area contributed by atoms with Crippen LogP contribution in [0.4, 0.5) is 0 Å². The van der Waals surface area contributed by atoms with Gasteiger partial charge in [0, 0.05) is 19.2 Å². The van der Waals surface area contributed by atoms with E-state index in [2.05, 4.69) is 5.32 Å². The van der Waals surface area contributed by atoms with Gasteiger partial charge < -0.3 is 26.4 Å². The molecular formula is C13H18N2O4. The molecule has 0 saturated heterocycles. The van der Waals surface area contributed by atoms with Crippen LogP contribution in [0.1, 0.15) is 5.56 Å². The highest BCUT2D eigenvalue weighted by Crippen LogP contribution is 2.10. The van der Waals surface area contributed by atoms with Crippen LogP contribution in [-0.2, 0) is 4.79 Å². The van der Waals surface area contributed by atoms with Gasteiger partial charge in [-0.3, -0.25) is 4.79 Å². The Morgan fingerprint density at radius 2 is 1.89 bits per heavy atom. The minimum Gasteiger partial charge on any atom is -0.508 e. The second kappa shape index (κ2) is 7.52. The summed E-state index contributed by atoms with van der Waals surface area (Å²) < 4.78 is 0. The summed E-state index contributed by atoms with van der Waals surface area (Å²) in [5.74, 6) is -0.239. The summed E-state index contributed by atoms with van der Waals surface area (Å²) >= 11 is 0. The zero-order valence-electron chi connectivity index (χ0n) is 10.4. The number of aliphatic hydroxyl groups is 2. The van der Waals surface area contributed by atoms with Crippen LogP contribution in [0.25, 0.3) is 6.08 Å². The van der Waals surface area contributed by atoms with Gasteiger partial charge in [0.2, 0.25) is 5.91 Å². The van der Waals surface area contributed by atoms with E-state index in [0.29, 0.717) is 0 Å². The molecule has 0 aromatic heterocycles. The smallest absolute Gasteiger partial charge is 0.244 e. The average Bonchev–Trinajstić information content (AvgIpc) is 2.43. The SMILES string of the molecule is NCC(O)C(O)CNC(=O)/C=C/c1ccc(O)cc1. The minimum absolute atomic E-state index is 0.0691. The van der Waals surface area contributed by atoms with Gasteiger partial charge in [0.1, 0.15) is 5.75 Å². The second-order valence-electron chi connectivity index (χ2n) is 4.04. The van der Waals surface area contributed by atoms with Crippen molar-refractivity contribution in [1.82, 2.24) is 5.32 Å². The van der Waals surface area contributed by atoms with Crippen LogP contribution in [0.5, 0.6) is 5.75 Å². The van der Waals surface area contributed by atoms with Crippen molar-refractivity contribution in [1.29, 1.82) is 0 Å². The molecule has 6 heteroatoms. The number of hydrogen-bond donors (Lipinski definition) is 5. The lowest BCUT2D eigenvalue weighted by atomic mass is 10.2. The zero-order valence-corrected chi connectivity index (χ0v) is 10.4. The van der Waals surface area contributed by atoms with Crippen molar-refractivity contribution in [2.24, 2.45) is 5.73 Å². The number of phenols is 1. The third kappa shape index (κ3) is 5.52. The topological polar surface area (TPSA) is 116 Å². The van der Waals surface area contributed by atoms with Gasteiger partial charge in [-0.2, -0.15) is 0 Å². The quantitative estimate of drug-likeness (QED) is 0.432. The number of nitrogens with two attached hydrogens (primary N) is 1. The van der Waals surface area contributed by atoms with Crippen molar-refractivity contribution in [3.05, 3.63) is 35.9 Å². The summed E-state index contributed by atoms with van der Waals surface area (Å²) in [5, 5.41) is 30.1. The summed E-state index contributed by atoms with van der Waals surface area (Å²) in [6.07, 6.45) is 0.728. The number of rotatable bonds is 6. The van der Waals surface area contributed by atoms with Crippen molar-refractivity contribution >= 4 is 12.0 Å². The van der Waals surface area contributed by atoms with Crippen LogP contribution in [0.15, 0.2) is 30.3 Å². The summed E-state index contributed by atoms with van der Waals surface area (Å²) in [4.78, 5) is 11.4. The van der Waals surface area contributed by atoms with E-state index < -0.39 is 18.1 Å². The number of carbonyl (C=O) groups excluding carboxylic acids is 1. The molecule has 1 amide bonds. The molecule has 0 heterocycles. The number of phenolic OH excluding ortho intramolecular Hbond substituents is 1. The molecule has 0 aliphatic rings. The number of nitrogens with one attached hydrogen (secondary N) is 1. The first-order valence-corrected chi connectivity index (χ1v) is 5.84. The van der Waals surface area contributed by atoms with E-state index in [1.165, 1.54) is 18.2 Å². The Bertz CT molecular complexity index is 431. The Morgan fingerprint density at radius 1 is 1.26 bits per heavy atom. The maximum absolute atomic E-state index is 11.4. The van der Waals surface area contributed by atoms with Crippen LogP contribution in [0.3, 0.4) is 0 Å². The first-order valence-electron chi connectivity index (χ1n) is 5.84. The largest absolute Gasteiger partial charge is 0.508 e. The molecule has 0 aliphatic heterocycles. The minimum atomic E-state index is -1.09. The molecule has 0 radical (unpaired) electrons. The predicted octanol–water partition coefficient (Wildman–Crippen LogP) is -0.798. The molecule has 2 unspecified atom stereocenters. The van der Waals surface area contributed by atoms with Crippen molar-refractivity contribution in [3.8, 4) is 5.75 Å². The van der Waals surface area contributed by atoms with Gasteiger partial charge in [0.15, 0.2) is 0 Å². The Hall–Kier alpha value is -1.89. The molecule has 6 N–H and O–H groups in total. The highest BCUT2D eigenvalue weighted by molar-refractivity contribution is 5.91. The fourth-order valence-electron chi connectivity index (χ4n) is 1.31. The number of aliphatic hydroxyl groups excluding tert-OH is 2. The molecule has 0 spiro atoms. The normalized spacial score (nSPS) is 14.3. The molecule has 1 rings (SSSR count). The predicted molar refractivity (Wildman–Crippen MR) is 71.2 cm³/mol. The van der Waals surface area contributed by atoms with E-state index in [1.807, 2.05) is 0 Å². The number of aromatic hydroxyl groups is 1. The lowest BCUT2D eigenvalue weighted by Crippen LogP contribution is -2.41. The summed E-state index contributed by atoms with van der Waals surface area (Å²) in [7, 11) is 0. The van der Waals surface area contributed by atoms with Gasteiger partial charge >= 0.3 is 0 Å². The molecule has 1 aromatic rings. The lowest BCUT2D eigenvalue weighted by Gasteiger charge is -2.15. The number of amides is 1. The third-order valence-corrected chi connectivity index (χ3v) is 2.49. The number of benzene rings is 1. The van der Waals surface area contributed by atoms with Crippen LogP contribution in [0.2, 0.25) is 0 Å². The molecular weight excluding hydrogens is 248 g/mol. The highest BCUT2D eigenvalue weighted by Gasteiger charge is 2.14. The maximum Gasteiger partial charge on any atom is 0.244 e. The maximum atomic E-state index is 11.4. The van der Waals surface area contributed by atoms with Gasteiger partial charge in [0.05, 0.1) is 12.2 Å². The van der Waals surface area contributed by atoms with Gasteiger partial charge in [-0.25, -0.2) is 0 Å². The van der Waals surface area contributed by atoms with Gasteiger partial charge in [-0.1, -0.05) is 12.1 Å². The molecule has 0 saturated carbocycles. The van der Waals surface area contributed by atoms with Gasteiger partial charge in [0.25, 0.3) is 0 Å². The van der Waals surface area contributed by atoms with Crippen LogP contribution < -0.4 is 11.1 Å². The zero-order chi connectivity index (χ0) is 14.3. The summed E-state index contributed by atoms with van der Waals surface area (Å²) in [5.41, 5.74) is 5.93. The molecule has 6 nitrogen and oxygen atoms in total. The van der Waals surface area contributed by atoms with E-state index in [9.17, 15) is 15.0 Å². The summed E-state index contributed by atoms with van der Waals surface area (Å²) in [6, 6.07) is 6.34. The Balaban J connectivity index is 2.41. The van der Waals surface area contributed by atoms with Crippen molar-refractivity contribution in [2.75, 3.05) is 13.1 Å². The molecule has 0 fully saturated rings. The van der Waals surface area contributed by atoms with E-state index in [0.717, 1.165) is 5.56 Å². The van der Waals surface area contributed by atoms with Gasteiger partial charge in [-0.05, 0) is 23.8 Å². The molecule has 19 heavy (non-hydrogen) atoms. The molecule has 104 valence electrons. The van der Waals surface area contributed by atoms with Crippen LogP contribution >= 0.6 is 0 Å². The first kappa shape index (κ1) is 15.2. The standard InChI is InChI=1S/C13H18N2O4/c14-7-11(17)12(18)8-15-13(19)6-3-9-1-4-10(16)5-2-9/h1-6,11-12,16-18H,7-8,14H2,(H,15,19)/b6-3+. The molecule has 1 aromatic carbocycles.